The molecule has 2 aromatic rings. The molecule has 0 radical (unpaired) electrons. The summed E-state index contributed by atoms with van der Waals surface area (Å²) in [6.07, 6.45) is 13.0. The highest BCUT2D eigenvalue weighted by Crippen LogP contribution is 2.42. The fourth-order valence-corrected chi connectivity index (χ4v) is 6.88. The predicted octanol–water partition coefficient (Wildman–Crippen LogP) is 5.35. The van der Waals surface area contributed by atoms with E-state index in [0.717, 1.165) is 37.4 Å². The number of nitrogens with two attached hydrogens (primary N) is 1. The van der Waals surface area contributed by atoms with Gasteiger partial charge in [0, 0.05) is 43.8 Å². The van der Waals surface area contributed by atoms with Crippen molar-refractivity contribution >= 4 is 17.0 Å². The van der Waals surface area contributed by atoms with Crippen molar-refractivity contribution in [1.82, 2.24) is 14.5 Å². The Hall–Kier alpha value is -1.59. The molecule has 32 heavy (non-hydrogen) atoms. The number of rotatable bonds is 4. The number of fused-ring (bicyclic) bond motifs is 1. The minimum atomic E-state index is 0.346. The predicted molar refractivity (Wildman–Crippen MR) is 134 cm³/mol. The molecule has 0 bridgehead atoms. The lowest BCUT2D eigenvalue weighted by molar-refractivity contribution is 0.00458. The first-order valence-corrected chi connectivity index (χ1v) is 13.3. The van der Waals surface area contributed by atoms with Gasteiger partial charge in [-0.25, -0.2) is 4.98 Å². The van der Waals surface area contributed by atoms with Crippen LogP contribution in [0.4, 0.5) is 5.95 Å². The summed E-state index contributed by atoms with van der Waals surface area (Å²) in [6, 6.07) is 9.63. The number of anilines is 1. The van der Waals surface area contributed by atoms with Gasteiger partial charge < -0.3 is 15.2 Å². The van der Waals surface area contributed by atoms with Crippen molar-refractivity contribution in [2.45, 2.75) is 95.7 Å². The first kappa shape index (κ1) is 22.2. The first-order chi connectivity index (χ1) is 15.6. The number of para-hydroxylation sites is 2. The Bertz CT molecular complexity index is 879. The van der Waals surface area contributed by atoms with Gasteiger partial charge in [-0.3, -0.25) is 4.90 Å². The summed E-state index contributed by atoms with van der Waals surface area (Å²) in [6.45, 7) is 9.44. The molecule has 0 unspecified atom stereocenters. The molecule has 1 aromatic heterocycles. The molecule has 1 aromatic carbocycles. The fourth-order valence-electron chi connectivity index (χ4n) is 6.88. The van der Waals surface area contributed by atoms with Gasteiger partial charge in [0.05, 0.1) is 11.0 Å². The third-order valence-corrected chi connectivity index (χ3v) is 8.90. The average Bonchev–Trinajstić information content (AvgIpc) is 3.01. The van der Waals surface area contributed by atoms with Crippen molar-refractivity contribution in [3.05, 3.63) is 24.3 Å². The van der Waals surface area contributed by atoms with E-state index in [0.29, 0.717) is 17.6 Å². The summed E-state index contributed by atoms with van der Waals surface area (Å²) in [7, 11) is 0. The zero-order valence-electron chi connectivity index (χ0n) is 20.3. The monoisotopic (exact) mass is 437 g/mol. The minimum absolute atomic E-state index is 0.346. The highest BCUT2D eigenvalue weighted by Gasteiger charge is 2.41. The van der Waals surface area contributed by atoms with Crippen LogP contribution in [-0.4, -0.2) is 52.2 Å². The van der Waals surface area contributed by atoms with Gasteiger partial charge in [0.1, 0.15) is 0 Å². The highest BCUT2D eigenvalue weighted by atomic mass is 15.3. The molecule has 1 saturated carbocycles. The number of piperidine rings is 2. The molecule has 3 aliphatic rings. The van der Waals surface area contributed by atoms with E-state index in [1.807, 2.05) is 0 Å². The molecule has 1 aliphatic carbocycles. The molecule has 2 saturated heterocycles. The number of imidazole rings is 1. The Morgan fingerprint density at radius 3 is 2.22 bits per heavy atom. The van der Waals surface area contributed by atoms with E-state index in [9.17, 15) is 0 Å². The van der Waals surface area contributed by atoms with Crippen LogP contribution in [0.2, 0.25) is 0 Å². The van der Waals surface area contributed by atoms with Gasteiger partial charge in [0.15, 0.2) is 0 Å². The Morgan fingerprint density at radius 1 is 0.906 bits per heavy atom. The van der Waals surface area contributed by atoms with Crippen LogP contribution < -0.4 is 10.6 Å². The van der Waals surface area contributed by atoms with Crippen LogP contribution >= 0.6 is 0 Å². The summed E-state index contributed by atoms with van der Waals surface area (Å²) < 4.78 is 2.60. The largest absolute Gasteiger partial charge is 0.342 e. The maximum Gasteiger partial charge on any atom is 0.206 e. The normalized spacial score (nSPS) is 24.3. The number of hydrogen-bond acceptors (Lipinski definition) is 4. The van der Waals surface area contributed by atoms with E-state index < -0.39 is 0 Å². The second kappa shape index (κ2) is 9.34. The molecule has 5 nitrogen and oxygen atoms in total. The zero-order chi connectivity index (χ0) is 22.1. The summed E-state index contributed by atoms with van der Waals surface area (Å²) in [5.74, 6) is 1.92. The number of benzene rings is 1. The molecule has 176 valence electrons. The number of hydrogen-bond donors (Lipinski definition) is 1. The Labute approximate surface area is 194 Å². The topological polar surface area (TPSA) is 50.3 Å². The van der Waals surface area contributed by atoms with Crippen molar-refractivity contribution in [3.63, 3.8) is 0 Å². The lowest BCUT2D eigenvalue weighted by Gasteiger charge is -2.50. The molecule has 3 fully saturated rings. The fraction of sp³-hybridized carbons (Fsp3) is 0.741. The molecule has 0 amide bonds. The standard InChI is InChI=1S/C27H43N5/c1-21(2)27(15-7-3-4-8-16-27)31-19-13-23(14-20-31)32-25-10-6-5-9-24(25)29-26(32)30-17-11-22(28)12-18-30/h5-6,9-10,21-23H,3-4,7-8,11-20,28H2,1-2H3. The molecule has 2 aliphatic heterocycles. The van der Waals surface area contributed by atoms with Crippen LogP contribution in [0.15, 0.2) is 24.3 Å². The van der Waals surface area contributed by atoms with Gasteiger partial charge in [-0.15, -0.1) is 0 Å². The second-order valence-corrected chi connectivity index (χ2v) is 11.0. The molecule has 3 heterocycles. The summed E-state index contributed by atoms with van der Waals surface area (Å²) in [5.41, 5.74) is 9.08. The van der Waals surface area contributed by atoms with Crippen molar-refractivity contribution in [2.75, 3.05) is 31.1 Å². The van der Waals surface area contributed by atoms with Gasteiger partial charge in [-0.1, -0.05) is 51.7 Å². The average molecular weight is 438 g/mol. The number of aromatic nitrogens is 2. The lowest BCUT2D eigenvalue weighted by Crippen LogP contribution is -2.55. The smallest absolute Gasteiger partial charge is 0.206 e. The van der Waals surface area contributed by atoms with Gasteiger partial charge in [-0.2, -0.15) is 0 Å². The Morgan fingerprint density at radius 2 is 1.56 bits per heavy atom. The van der Waals surface area contributed by atoms with Crippen LogP contribution in [0.3, 0.4) is 0 Å². The summed E-state index contributed by atoms with van der Waals surface area (Å²) in [4.78, 5) is 10.5. The maximum absolute atomic E-state index is 6.21. The van der Waals surface area contributed by atoms with Crippen molar-refractivity contribution in [1.29, 1.82) is 0 Å². The second-order valence-electron chi connectivity index (χ2n) is 11.0. The number of nitrogens with zero attached hydrogens (tertiary/aromatic N) is 4. The molecule has 2 N–H and O–H groups in total. The Kier molecular flexibility index (Phi) is 6.48. The van der Waals surface area contributed by atoms with Crippen LogP contribution in [0.5, 0.6) is 0 Å². The van der Waals surface area contributed by atoms with Crippen LogP contribution in [0, 0.1) is 5.92 Å². The van der Waals surface area contributed by atoms with Crippen LogP contribution in [0.1, 0.15) is 84.1 Å². The maximum atomic E-state index is 6.21. The SMILES string of the molecule is CC(C)C1(N2CCC(n3c(N4CCC(N)CC4)nc4ccccc43)CC2)CCCCCC1. The Balaban J connectivity index is 1.39. The summed E-state index contributed by atoms with van der Waals surface area (Å²) in [5, 5.41) is 0. The van der Waals surface area contributed by atoms with Crippen LogP contribution in [-0.2, 0) is 0 Å². The van der Waals surface area contributed by atoms with E-state index in [4.69, 9.17) is 10.7 Å². The van der Waals surface area contributed by atoms with E-state index in [1.54, 1.807) is 0 Å². The molecule has 5 heteroatoms. The van der Waals surface area contributed by atoms with Crippen LogP contribution in [0.25, 0.3) is 11.0 Å². The van der Waals surface area contributed by atoms with E-state index in [1.165, 1.54) is 75.9 Å². The van der Waals surface area contributed by atoms with Crippen molar-refractivity contribution in [2.24, 2.45) is 11.7 Å². The third-order valence-electron chi connectivity index (χ3n) is 8.90. The minimum Gasteiger partial charge on any atom is -0.342 e. The van der Waals surface area contributed by atoms with Crippen molar-refractivity contribution < 1.29 is 0 Å². The third kappa shape index (κ3) is 4.07. The van der Waals surface area contributed by atoms with Gasteiger partial charge in [-0.05, 0) is 56.6 Å². The number of likely N-dealkylation sites (tertiary alicyclic amines) is 1. The highest BCUT2D eigenvalue weighted by molar-refractivity contribution is 5.79. The lowest BCUT2D eigenvalue weighted by atomic mass is 9.77. The molecule has 5 rings (SSSR count). The first-order valence-electron chi connectivity index (χ1n) is 13.3. The summed E-state index contributed by atoms with van der Waals surface area (Å²) >= 11 is 0. The van der Waals surface area contributed by atoms with Gasteiger partial charge in [0.2, 0.25) is 5.95 Å². The quantitative estimate of drug-likeness (QED) is 0.655. The molecular weight excluding hydrogens is 394 g/mol. The molecular formula is C27H43N5. The van der Waals surface area contributed by atoms with Gasteiger partial charge in [0.25, 0.3) is 0 Å². The molecule has 0 spiro atoms. The van der Waals surface area contributed by atoms with E-state index in [-0.39, 0.29) is 0 Å². The zero-order valence-corrected chi connectivity index (χ0v) is 20.3. The van der Waals surface area contributed by atoms with E-state index in [2.05, 4.69) is 52.5 Å². The molecule has 0 atom stereocenters. The van der Waals surface area contributed by atoms with E-state index >= 15 is 0 Å². The van der Waals surface area contributed by atoms with Gasteiger partial charge >= 0.3 is 0 Å². The van der Waals surface area contributed by atoms with Crippen molar-refractivity contribution in [3.8, 4) is 0 Å².